The van der Waals surface area contributed by atoms with Gasteiger partial charge in [-0.25, -0.2) is 0 Å². The highest BCUT2D eigenvalue weighted by molar-refractivity contribution is 5.82. The molecule has 2 rings (SSSR count). The van der Waals surface area contributed by atoms with Gasteiger partial charge in [-0.1, -0.05) is 75.6 Å². The van der Waals surface area contributed by atoms with Crippen LogP contribution < -0.4 is 4.74 Å². The van der Waals surface area contributed by atoms with E-state index in [4.69, 9.17) is 4.74 Å². The Balaban J connectivity index is 1.35. The number of hydrogen-bond acceptors (Lipinski definition) is 4. The second-order valence-corrected chi connectivity index (χ2v) is 8.16. The molecule has 172 valence electrons. The lowest BCUT2D eigenvalue weighted by atomic mass is 10.1. The molecule has 0 atom stereocenters. The van der Waals surface area contributed by atoms with Crippen molar-refractivity contribution in [2.45, 2.75) is 64.2 Å². The predicted octanol–water partition coefficient (Wildman–Crippen LogP) is 6.95. The van der Waals surface area contributed by atoms with E-state index in [-0.39, 0.29) is 0 Å². The van der Waals surface area contributed by atoms with E-state index in [1.54, 1.807) is 7.11 Å². The third-order valence-electron chi connectivity index (χ3n) is 5.49. The molecule has 0 fully saturated rings. The minimum atomic E-state index is 0.706. The summed E-state index contributed by atoms with van der Waals surface area (Å²) in [5.41, 5.74) is 2.89. The van der Waals surface area contributed by atoms with Crippen molar-refractivity contribution in [2.75, 3.05) is 20.2 Å². The van der Waals surface area contributed by atoms with Gasteiger partial charge in [-0.15, -0.1) is 0 Å². The number of unbranched alkanes of at least 4 members (excludes halogenated alkanes) is 9. The summed E-state index contributed by atoms with van der Waals surface area (Å²) in [4.78, 5) is 19.6. The van der Waals surface area contributed by atoms with Gasteiger partial charge in [0.25, 0.3) is 0 Å². The van der Waals surface area contributed by atoms with Gasteiger partial charge in [0.2, 0.25) is 0 Å². The summed E-state index contributed by atoms with van der Waals surface area (Å²) in [6.07, 6.45) is 17.6. The standard InChI is InChI=1S/C28H38N2O2/c1-32-28-18-16-26(17-19-28)23-30-21-11-9-7-5-3-2-4-6-8-10-20-29-22-25-12-14-27(24-31)15-13-25/h12-19,22-24H,2-11,20-21H2,1H3. The molecule has 0 saturated heterocycles. The number of carbonyl (C=O) groups is 1. The average molecular weight is 435 g/mol. The van der Waals surface area contributed by atoms with E-state index in [0.29, 0.717) is 5.56 Å². The molecule has 2 aromatic carbocycles. The third kappa shape index (κ3) is 11.6. The fourth-order valence-electron chi connectivity index (χ4n) is 3.51. The van der Waals surface area contributed by atoms with Crippen LogP contribution in [0.1, 0.15) is 85.7 Å². The van der Waals surface area contributed by atoms with Gasteiger partial charge in [0.15, 0.2) is 0 Å². The van der Waals surface area contributed by atoms with Crippen LogP contribution in [-0.2, 0) is 0 Å². The first-order valence-electron chi connectivity index (χ1n) is 12.0. The third-order valence-corrected chi connectivity index (χ3v) is 5.49. The summed E-state index contributed by atoms with van der Waals surface area (Å²) in [6.45, 7) is 1.80. The zero-order chi connectivity index (χ0) is 22.7. The first-order chi connectivity index (χ1) is 15.8. The van der Waals surface area contributed by atoms with E-state index in [0.717, 1.165) is 42.7 Å². The molecule has 0 aliphatic rings. The molecule has 0 heterocycles. The van der Waals surface area contributed by atoms with Gasteiger partial charge in [0.05, 0.1) is 7.11 Å². The summed E-state index contributed by atoms with van der Waals surface area (Å²) >= 11 is 0. The highest BCUT2D eigenvalue weighted by Gasteiger charge is 1.94. The topological polar surface area (TPSA) is 51.0 Å². The van der Waals surface area contributed by atoms with E-state index >= 15 is 0 Å². The van der Waals surface area contributed by atoms with Crippen LogP contribution in [0.4, 0.5) is 0 Å². The maximum Gasteiger partial charge on any atom is 0.150 e. The molecular formula is C28H38N2O2. The zero-order valence-electron chi connectivity index (χ0n) is 19.5. The molecule has 0 aromatic heterocycles. The minimum absolute atomic E-state index is 0.706. The van der Waals surface area contributed by atoms with Crippen LogP contribution in [0.5, 0.6) is 5.75 Å². The Morgan fingerprint density at radius 1 is 0.594 bits per heavy atom. The van der Waals surface area contributed by atoms with Crippen molar-refractivity contribution in [1.82, 2.24) is 0 Å². The van der Waals surface area contributed by atoms with Crippen LogP contribution in [-0.4, -0.2) is 38.9 Å². The van der Waals surface area contributed by atoms with E-state index in [1.807, 2.05) is 61.0 Å². The highest BCUT2D eigenvalue weighted by Crippen LogP contribution is 2.12. The lowest BCUT2D eigenvalue weighted by Crippen LogP contribution is -1.88. The quantitative estimate of drug-likeness (QED) is 0.154. The van der Waals surface area contributed by atoms with Crippen molar-refractivity contribution in [1.29, 1.82) is 0 Å². The molecule has 4 heteroatoms. The Labute approximate surface area is 193 Å². The van der Waals surface area contributed by atoms with Crippen LogP contribution in [0.2, 0.25) is 0 Å². The monoisotopic (exact) mass is 434 g/mol. The second-order valence-electron chi connectivity index (χ2n) is 8.16. The average Bonchev–Trinajstić information content (AvgIpc) is 2.84. The van der Waals surface area contributed by atoms with Gasteiger partial charge in [0.1, 0.15) is 12.0 Å². The largest absolute Gasteiger partial charge is 0.497 e. The van der Waals surface area contributed by atoms with E-state index in [9.17, 15) is 4.79 Å². The molecule has 0 unspecified atom stereocenters. The molecule has 32 heavy (non-hydrogen) atoms. The van der Waals surface area contributed by atoms with Gasteiger partial charge >= 0.3 is 0 Å². The van der Waals surface area contributed by atoms with Crippen molar-refractivity contribution in [3.05, 3.63) is 65.2 Å². The minimum Gasteiger partial charge on any atom is -0.497 e. The Hall–Kier alpha value is -2.75. The van der Waals surface area contributed by atoms with Gasteiger partial charge in [-0.3, -0.25) is 14.8 Å². The molecule has 0 spiro atoms. The first-order valence-corrected chi connectivity index (χ1v) is 12.0. The van der Waals surface area contributed by atoms with E-state index in [2.05, 4.69) is 9.98 Å². The predicted molar refractivity (Wildman–Crippen MR) is 136 cm³/mol. The van der Waals surface area contributed by atoms with E-state index < -0.39 is 0 Å². The second kappa shape index (κ2) is 16.9. The van der Waals surface area contributed by atoms with Crippen molar-refractivity contribution in [3.8, 4) is 5.75 Å². The lowest BCUT2D eigenvalue weighted by molar-refractivity contribution is 0.112. The maximum absolute atomic E-state index is 10.6. The molecular weight excluding hydrogens is 396 g/mol. The van der Waals surface area contributed by atoms with Crippen LogP contribution in [0.3, 0.4) is 0 Å². The van der Waals surface area contributed by atoms with Crippen molar-refractivity contribution in [2.24, 2.45) is 9.98 Å². The molecule has 0 radical (unpaired) electrons. The van der Waals surface area contributed by atoms with Crippen molar-refractivity contribution >= 4 is 18.7 Å². The normalized spacial score (nSPS) is 11.4. The summed E-state index contributed by atoms with van der Waals surface area (Å²) in [7, 11) is 1.68. The fraction of sp³-hybridized carbons (Fsp3) is 0.464. The van der Waals surface area contributed by atoms with Crippen LogP contribution in [0.15, 0.2) is 58.5 Å². The van der Waals surface area contributed by atoms with E-state index in [1.165, 1.54) is 57.8 Å². The zero-order valence-corrected chi connectivity index (χ0v) is 19.5. The molecule has 0 amide bonds. The number of aldehydes is 1. The Morgan fingerprint density at radius 3 is 1.38 bits per heavy atom. The molecule has 0 saturated carbocycles. The molecule has 4 nitrogen and oxygen atoms in total. The summed E-state index contributed by atoms with van der Waals surface area (Å²) in [5, 5.41) is 0. The molecule has 2 aromatic rings. The smallest absolute Gasteiger partial charge is 0.150 e. The van der Waals surface area contributed by atoms with Crippen LogP contribution >= 0.6 is 0 Å². The van der Waals surface area contributed by atoms with Gasteiger partial charge in [-0.05, 0) is 48.2 Å². The van der Waals surface area contributed by atoms with Crippen molar-refractivity contribution < 1.29 is 9.53 Å². The Kier molecular flexibility index (Phi) is 13.5. The molecule has 0 N–H and O–H groups in total. The summed E-state index contributed by atoms with van der Waals surface area (Å²) < 4.78 is 5.16. The molecule has 0 bridgehead atoms. The number of aliphatic imine (C=N–C) groups is 2. The molecule has 0 aliphatic heterocycles. The first kappa shape index (κ1) is 25.5. The number of carbonyl (C=O) groups excluding carboxylic acids is 1. The number of methoxy groups -OCH3 is 1. The number of hydrogen-bond donors (Lipinski definition) is 0. The number of rotatable bonds is 17. The van der Waals surface area contributed by atoms with Crippen LogP contribution in [0.25, 0.3) is 0 Å². The number of ether oxygens (including phenoxy) is 1. The van der Waals surface area contributed by atoms with Gasteiger partial charge in [0, 0.05) is 31.1 Å². The Morgan fingerprint density at radius 2 is 0.969 bits per heavy atom. The van der Waals surface area contributed by atoms with Crippen LogP contribution in [0, 0.1) is 0 Å². The summed E-state index contributed by atoms with van der Waals surface area (Å²) in [6, 6.07) is 15.5. The number of nitrogens with zero attached hydrogens (tertiary/aromatic N) is 2. The maximum atomic E-state index is 10.6. The van der Waals surface area contributed by atoms with Gasteiger partial charge in [-0.2, -0.15) is 0 Å². The summed E-state index contributed by atoms with van der Waals surface area (Å²) in [5.74, 6) is 0.881. The van der Waals surface area contributed by atoms with Crippen molar-refractivity contribution in [3.63, 3.8) is 0 Å². The van der Waals surface area contributed by atoms with Gasteiger partial charge < -0.3 is 4.74 Å². The Bertz CT molecular complexity index is 795. The molecule has 0 aliphatic carbocycles. The number of benzene rings is 2. The lowest BCUT2D eigenvalue weighted by Gasteiger charge is -2.02. The SMILES string of the molecule is COc1ccc(C=NCCCCCCCCCCCCN=Cc2ccc(C=O)cc2)cc1. The fourth-order valence-corrected chi connectivity index (χ4v) is 3.51. The highest BCUT2D eigenvalue weighted by atomic mass is 16.5.